The second-order valence-electron chi connectivity index (χ2n) is 4.61. The molecule has 0 saturated heterocycles. The zero-order chi connectivity index (χ0) is 14.5. The lowest BCUT2D eigenvalue weighted by Gasteiger charge is -2.12. The maximum atomic E-state index is 13.2. The highest BCUT2D eigenvalue weighted by Gasteiger charge is 2.12. The van der Waals surface area contributed by atoms with Crippen molar-refractivity contribution in [2.24, 2.45) is 5.73 Å². The van der Waals surface area contributed by atoms with Crippen molar-refractivity contribution in [3.63, 3.8) is 0 Å². The molecule has 0 spiro atoms. The summed E-state index contributed by atoms with van der Waals surface area (Å²) >= 11 is 0. The van der Waals surface area contributed by atoms with Gasteiger partial charge in [-0.25, -0.2) is 4.39 Å². The number of rotatable bonds is 6. The lowest BCUT2D eigenvalue weighted by Crippen LogP contribution is -2.08. The topological polar surface area (TPSA) is 74.2 Å². The zero-order valence-electron chi connectivity index (χ0n) is 11.6. The van der Waals surface area contributed by atoms with Crippen LogP contribution in [0.15, 0.2) is 22.7 Å². The van der Waals surface area contributed by atoms with E-state index in [-0.39, 0.29) is 18.5 Å². The van der Waals surface area contributed by atoms with Crippen molar-refractivity contribution in [2.45, 2.75) is 39.3 Å². The first-order valence-electron chi connectivity index (χ1n) is 6.59. The largest absolute Gasteiger partial charge is 0.483 e. The van der Waals surface area contributed by atoms with Gasteiger partial charge in [0.1, 0.15) is 11.6 Å². The molecule has 1 unspecified atom stereocenters. The summed E-state index contributed by atoms with van der Waals surface area (Å²) in [5.74, 6) is 1.25. The Balaban J connectivity index is 2.06. The van der Waals surface area contributed by atoms with E-state index >= 15 is 0 Å². The van der Waals surface area contributed by atoms with Gasteiger partial charge in [0.05, 0.1) is 0 Å². The number of ether oxygens (including phenoxy) is 1. The zero-order valence-corrected chi connectivity index (χ0v) is 11.6. The first kappa shape index (κ1) is 14.5. The SMILES string of the molecule is CCCc1noc(COc2ccc(F)cc2C(C)N)n1. The smallest absolute Gasteiger partial charge is 0.264 e. The minimum absolute atomic E-state index is 0.141. The van der Waals surface area contributed by atoms with Crippen molar-refractivity contribution >= 4 is 0 Å². The third-order valence-electron chi connectivity index (χ3n) is 2.80. The lowest BCUT2D eigenvalue weighted by atomic mass is 10.1. The molecule has 2 rings (SSSR count). The quantitative estimate of drug-likeness (QED) is 0.880. The van der Waals surface area contributed by atoms with Gasteiger partial charge in [0.2, 0.25) is 0 Å². The molecular formula is C14H18FN3O2. The van der Waals surface area contributed by atoms with E-state index in [0.717, 1.165) is 12.8 Å². The summed E-state index contributed by atoms with van der Waals surface area (Å²) < 4.78 is 23.9. The van der Waals surface area contributed by atoms with Gasteiger partial charge >= 0.3 is 0 Å². The van der Waals surface area contributed by atoms with E-state index in [1.807, 2.05) is 6.92 Å². The van der Waals surface area contributed by atoms with Gasteiger partial charge in [0.15, 0.2) is 12.4 Å². The van der Waals surface area contributed by atoms with E-state index < -0.39 is 0 Å². The Hall–Kier alpha value is -1.95. The predicted molar refractivity (Wildman–Crippen MR) is 71.6 cm³/mol. The molecule has 0 bridgehead atoms. The third kappa shape index (κ3) is 3.54. The van der Waals surface area contributed by atoms with Gasteiger partial charge < -0.3 is 15.0 Å². The van der Waals surface area contributed by atoms with E-state index in [9.17, 15) is 4.39 Å². The number of nitrogens with zero attached hydrogens (tertiary/aromatic N) is 2. The molecule has 5 nitrogen and oxygen atoms in total. The number of benzene rings is 1. The minimum Gasteiger partial charge on any atom is -0.483 e. The average Bonchev–Trinajstić information content (AvgIpc) is 2.85. The van der Waals surface area contributed by atoms with Crippen LogP contribution in [0.5, 0.6) is 5.75 Å². The highest BCUT2D eigenvalue weighted by atomic mass is 19.1. The van der Waals surface area contributed by atoms with Crippen LogP contribution in [0.4, 0.5) is 4.39 Å². The molecule has 1 aromatic carbocycles. The van der Waals surface area contributed by atoms with Crippen LogP contribution in [-0.4, -0.2) is 10.1 Å². The monoisotopic (exact) mass is 279 g/mol. The Morgan fingerprint density at radius 1 is 1.45 bits per heavy atom. The Morgan fingerprint density at radius 2 is 2.25 bits per heavy atom. The molecule has 20 heavy (non-hydrogen) atoms. The maximum absolute atomic E-state index is 13.2. The van der Waals surface area contributed by atoms with Crippen molar-refractivity contribution in [3.05, 3.63) is 41.3 Å². The Bertz CT molecular complexity index is 569. The van der Waals surface area contributed by atoms with Gasteiger partial charge in [-0.3, -0.25) is 0 Å². The number of hydrogen-bond acceptors (Lipinski definition) is 5. The fraction of sp³-hybridized carbons (Fsp3) is 0.429. The van der Waals surface area contributed by atoms with Crippen LogP contribution >= 0.6 is 0 Å². The Morgan fingerprint density at radius 3 is 2.95 bits per heavy atom. The molecule has 1 atom stereocenters. The van der Waals surface area contributed by atoms with Gasteiger partial charge in [-0.05, 0) is 31.5 Å². The summed E-state index contributed by atoms with van der Waals surface area (Å²) in [6.45, 7) is 3.95. The number of nitrogens with two attached hydrogens (primary N) is 1. The fourth-order valence-corrected chi connectivity index (χ4v) is 1.82. The molecule has 0 saturated carbocycles. The van der Waals surface area contributed by atoms with E-state index in [4.69, 9.17) is 15.0 Å². The molecule has 2 aromatic rings. The molecule has 0 amide bonds. The highest BCUT2D eigenvalue weighted by molar-refractivity contribution is 5.36. The van der Waals surface area contributed by atoms with Crippen LogP contribution in [0.3, 0.4) is 0 Å². The molecule has 6 heteroatoms. The van der Waals surface area contributed by atoms with Crippen LogP contribution in [0.25, 0.3) is 0 Å². The summed E-state index contributed by atoms with van der Waals surface area (Å²) in [6.07, 6.45) is 1.72. The second kappa shape index (κ2) is 6.47. The third-order valence-corrected chi connectivity index (χ3v) is 2.80. The first-order chi connectivity index (χ1) is 9.60. The molecular weight excluding hydrogens is 261 g/mol. The van der Waals surface area contributed by atoms with Gasteiger partial charge in [-0.2, -0.15) is 4.98 Å². The van der Waals surface area contributed by atoms with Gasteiger partial charge in [-0.15, -0.1) is 0 Å². The summed E-state index contributed by atoms with van der Waals surface area (Å²) in [5, 5.41) is 3.84. The average molecular weight is 279 g/mol. The van der Waals surface area contributed by atoms with Crippen molar-refractivity contribution in [1.82, 2.24) is 10.1 Å². The summed E-state index contributed by atoms with van der Waals surface area (Å²) in [6, 6.07) is 3.93. The van der Waals surface area contributed by atoms with Crippen molar-refractivity contribution < 1.29 is 13.7 Å². The Kier molecular flexibility index (Phi) is 4.68. The van der Waals surface area contributed by atoms with Crippen LogP contribution < -0.4 is 10.5 Å². The molecule has 0 aliphatic carbocycles. The predicted octanol–water partition coefficient (Wildman–Crippen LogP) is 2.76. The summed E-state index contributed by atoms with van der Waals surface area (Å²) in [5.41, 5.74) is 6.41. The van der Waals surface area contributed by atoms with E-state index in [0.29, 0.717) is 23.0 Å². The molecule has 0 aliphatic rings. The van der Waals surface area contributed by atoms with Crippen LogP contribution in [0.1, 0.15) is 43.6 Å². The van der Waals surface area contributed by atoms with E-state index in [1.165, 1.54) is 12.1 Å². The molecule has 0 fully saturated rings. The standard InChI is InChI=1S/C14H18FN3O2/c1-3-4-13-17-14(20-18-13)8-19-12-6-5-10(15)7-11(12)9(2)16/h5-7,9H,3-4,8,16H2,1-2H3. The highest BCUT2D eigenvalue weighted by Crippen LogP contribution is 2.25. The second-order valence-corrected chi connectivity index (χ2v) is 4.61. The van der Waals surface area contributed by atoms with E-state index in [1.54, 1.807) is 13.0 Å². The van der Waals surface area contributed by atoms with Crippen LogP contribution in [-0.2, 0) is 13.0 Å². The molecule has 2 N–H and O–H groups in total. The number of aryl methyl sites for hydroxylation is 1. The first-order valence-corrected chi connectivity index (χ1v) is 6.59. The molecule has 1 aromatic heterocycles. The normalized spacial score (nSPS) is 12.4. The molecule has 0 radical (unpaired) electrons. The Labute approximate surface area is 116 Å². The van der Waals surface area contributed by atoms with Crippen molar-refractivity contribution in [2.75, 3.05) is 0 Å². The molecule has 1 heterocycles. The van der Waals surface area contributed by atoms with E-state index in [2.05, 4.69) is 10.1 Å². The number of hydrogen-bond donors (Lipinski definition) is 1. The number of aromatic nitrogens is 2. The summed E-state index contributed by atoms with van der Waals surface area (Å²) in [4.78, 5) is 4.20. The molecule has 0 aliphatic heterocycles. The minimum atomic E-state index is -0.340. The number of halogens is 1. The van der Waals surface area contributed by atoms with Crippen LogP contribution in [0, 0.1) is 5.82 Å². The fourth-order valence-electron chi connectivity index (χ4n) is 1.82. The van der Waals surface area contributed by atoms with Crippen molar-refractivity contribution in [3.8, 4) is 5.75 Å². The molecule has 108 valence electrons. The van der Waals surface area contributed by atoms with Crippen LogP contribution in [0.2, 0.25) is 0 Å². The van der Waals surface area contributed by atoms with Gasteiger partial charge in [0, 0.05) is 18.0 Å². The van der Waals surface area contributed by atoms with Crippen molar-refractivity contribution in [1.29, 1.82) is 0 Å². The van der Waals surface area contributed by atoms with Gasteiger partial charge in [-0.1, -0.05) is 12.1 Å². The summed E-state index contributed by atoms with van der Waals surface area (Å²) in [7, 11) is 0. The lowest BCUT2D eigenvalue weighted by molar-refractivity contribution is 0.239. The van der Waals surface area contributed by atoms with Gasteiger partial charge in [0.25, 0.3) is 5.89 Å². The maximum Gasteiger partial charge on any atom is 0.264 e.